The molecule has 2 fully saturated rings. The maximum atomic E-state index is 14.4. The van der Waals surface area contributed by atoms with E-state index in [0.29, 0.717) is 18.0 Å². The van der Waals surface area contributed by atoms with Crippen LogP contribution in [-0.2, 0) is 14.6 Å². The highest BCUT2D eigenvalue weighted by molar-refractivity contribution is 8.16. The number of nitrogens with zero attached hydrogens (tertiary/aromatic N) is 2. The van der Waals surface area contributed by atoms with Gasteiger partial charge in [-0.15, -0.1) is 0 Å². The van der Waals surface area contributed by atoms with Gasteiger partial charge in [0.2, 0.25) is 0 Å². The Kier molecular flexibility index (Phi) is 5.20. The number of sulfone groups is 1. The third-order valence-corrected chi connectivity index (χ3v) is 7.93. The van der Waals surface area contributed by atoms with E-state index < -0.39 is 15.7 Å². The molecule has 2 saturated heterocycles. The van der Waals surface area contributed by atoms with Gasteiger partial charge in [0.25, 0.3) is 5.91 Å². The van der Waals surface area contributed by atoms with Gasteiger partial charge in [-0.1, -0.05) is 37.7 Å². The highest BCUT2D eigenvalue weighted by atomic mass is 32.2. The van der Waals surface area contributed by atoms with Gasteiger partial charge < -0.3 is 4.90 Å². The standard InChI is InChI=1S/C17H21FN2O3S2/c1-3-11(4-2)16(21)19-17-20(13-8-6-5-7-12(13)18)14-9-25(22,23)10-15(14)24-17/h5-8,11,14-15H,3-4,9-10H2,1-2H3. The van der Waals surface area contributed by atoms with E-state index in [1.807, 2.05) is 13.8 Å². The van der Waals surface area contributed by atoms with Crippen LogP contribution < -0.4 is 4.90 Å². The fraction of sp³-hybridized carbons (Fsp3) is 0.529. The summed E-state index contributed by atoms with van der Waals surface area (Å²) < 4.78 is 38.3. The van der Waals surface area contributed by atoms with E-state index in [2.05, 4.69) is 4.99 Å². The summed E-state index contributed by atoms with van der Waals surface area (Å²) in [4.78, 5) is 18.3. The predicted octanol–water partition coefficient (Wildman–Crippen LogP) is 2.86. The van der Waals surface area contributed by atoms with Gasteiger partial charge in [-0.05, 0) is 25.0 Å². The average molecular weight is 384 g/mol. The molecule has 2 aliphatic heterocycles. The summed E-state index contributed by atoms with van der Waals surface area (Å²) in [5.74, 6) is -0.852. The van der Waals surface area contributed by atoms with Gasteiger partial charge in [0.1, 0.15) is 5.82 Å². The van der Waals surface area contributed by atoms with Crippen molar-refractivity contribution in [2.45, 2.75) is 38.0 Å². The number of halogens is 1. The molecule has 0 radical (unpaired) electrons. The second-order valence-corrected chi connectivity index (χ2v) is 9.73. The first-order chi connectivity index (χ1) is 11.9. The monoisotopic (exact) mass is 384 g/mol. The fourth-order valence-electron chi connectivity index (χ4n) is 3.32. The first-order valence-electron chi connectivity index (χ1n) is 8.39. The number of aliphatic imine (C=N–C) groups is 1. The molecule has 5 nitrogen and oxygen atoms in total. The summed E-state index contributed by atoms with van der Waals surface area (Å²) in [5, 5.41) is 0.185. The summed E-state index contributed by atoms with van der Waals surface area (Å²) in [7, 11) is -3.16. The number of thioether (sulfide) groups is 1. The first-order valence-corrected chi connectivity index (χ1v) is 11.1. The van der Waals surface area contributed by atoms with Crippen LogP contribution in [0.3, 0.4) is 0 Å². The molecule has 2 aliphatic rings. The van der Waals surface area contributed by atoms with E-state index in [1.165, 1.54) is 17.8 Å². The average Bonchev–Trinajstić information content (AvgIpc) is 3.00. The number of carbonyl (C=O) groups excluding carboxylic acids is 1. The van der Waals surface area contributed by atoms with Gasteiger partial charge >= 0.3 is 0 Å². The van der Waals surface area contributed by atoms with E-state index in [1.54, 1.807) is 23.1 Å². The zero-order valence-corrected chi connectivity index (χ0v) is 15.8. The maximum absolute atomic E-state index is 14.4. The van der Waals surface area contributed by atoms with Crippen molar-refractivity contribution in [3.05, 3.63) is 30.1 Å². The molecular weight excluding hydrogens is 363 g/mol. The SMILES string of the molecule is CCC(CC)C(=O)N=C1SC2CS(=O)(=O)CC2N1c1ccccc1F. The second-order valence-electron chi connectivity index (χ2n) is 6.37. The topological polar surface area (TPSA) is 66.8 Å². The summed E-state index contributed by atoms with van der Waals surface area (Å²) in [6.45, 7) is 3.87. The lowest BCUT2D eigenvalue weighted by molar-refractivity contribution is -0.121. The number of fused-ring (bicyclic) bond motifs is 1. The lowest BCUT2D eigenvalue weighted by Crippen LogP contribution is -2.38. The Labute approximate surface area is 151 Å². The van der Waals surface area contributed by atoms with Crippen molar-refractivity contribution in [1.29, 1.82) is 0 Å². The molecule has 3 rings (SSSR count). The molecule has 2 atom stereocenters. The van der Waals surface area contributed by atoms with Crippen molar-refractivity contribution in [1.82, 2.24) is 0 Å². The summed E-state index contributed by atoms with van der Waals surface area (Å²) >= 11 is 1.27. The molecule has 0 spiro atoms. The van der Waals surface area contributed by atoms with E-state index in [-0.39, 0.29) is 40.3 Å². The molecule has 25 heavy (non-hydrogen) atoms. The van der Waals surface area contributed by atoms with Crippen molar-refractivity contribution in [3.8, 4) is 0 Å². The van der Waals surface area contributed by atoms with Crippen LogP contribution in [0.5, 0.6) is 0 Å². The highest BCUT2D eigenvalue weighted by Gasteiger charge is 2.50. The second kappa shape index (κ2) is 7.07. The van der Waals surface area contributed by atoms with Crippen LogP contribution in [0.25, 0.3) is 0 Å². The number of carbonyl (C=O) groups is 1. The number of hydrogen-bond acceptors (Lipinski definition) is 4. The minimum atomic E-state index is -3.16. The molecule has 1 aromatic rings. The van der Waals surface area contributed by atoms with Crippen LogP contribution in [0.4, 0.5) is 10.1 Å². The van der Waals surface area contributed by atoms with Gasteiger partial charge in [0, 0.05) is 11.2 Å². The van der Waals surface area contributed by atoms with Crippen LogP contribution >= 0.6 is 11.8 Å². The molecule has 0 aliphatic carbocycles. The molecule has 0 N–H and O–H groups in total. The summed E-state index contributed by atoms with van der Waals surface area (Å²) in [5.41, 5.74) is 0.274. The van der Waals surface area contributed by atoms with Crippen molar-refractivity contribution in [2.75, 3.05) is 16.4 Å². The Morgan fingerprint density at radius 3 is 2.64 bits per heavy atom. The Morgan fingerprint density at radius 1 is 1.32 bits per heavy atom. The van der Waals surface area contributed by atoms with Crippen LogP contribution in [0.15, 0.2) is 29.3 Å². The zero-order valence-electron chi connectivity index (χ0n) is 14.2. The van der Waals surface area contributed by atoms with Gasteiger partial charge in [-0.3, -0.25) is 4.79 Å². The third kappa shape index (κ3) is 3.60. The number of amides is 1. The van der Waals surface area contributed by atoms with Gasteiger partial charge in [0.05, 0.1) is 23.2 Å². The minimum absolute atomic E-state index is 0.0332. The van der Waals surface area contributed by atoms with E-state index >= 15 is 0 Å². The van der Waals surface area contributed by atoms with Crippen LogP contribution in [-0.4, -0.2) is 42.3 Å². The van der Waals surface area contributed by atoms with Crippen LogP contribution in [0.1, 0.15) is 26.7 Å². The largest absolute Gasteiger partial charge is 0.313 e. The Balaban J connectivity index is 2.01. The molecule has 8 heteroatoms. The maximum Gasteiger partial charge on any atom is 0.251 e. The molecule has 0 aromatic heterocycles. The lowest BCUT2D eigenvalue weighted by atomic mass is 10.0. The third-order valence-electron chi connectivity index (χ3n) is 4.72. The Hall–Kier alpha value is -1.41. The Bertz CT molecular complexity index is 806. The molecule has 1 aromatic carbocycles. The molecule has 0 saturated carbocycles. The van der Waals surface area contributed by atoms with Crippen molar-refractivity contribution in [2.24, 2.45) is 10.9 Å². The smallest absolute Gasteiger partial charge is 0.251 e. The zero-order chi connectivity index (χ0) is 18.2. The van der Waals surface area contributed by atoms with Crippen LogP contribution in [0.2, 0.25) is 0 Å². The molecule has 136 valence electrons. The number of benzene rings is 1. The van der Waals surface area contributed by atoms with Crippen molar-refractivity contribution < 1.29 is 17.6 Å². The van der Waals surface area contributed by atoms with Gasteiger partial charge in [-0.2, -0.15) is 4.99 Å². The van der Waals surface area contributed by atoms with E-state index in [9.17, 15) is 17.6 Å². The molecule has 1 amide bonds. The molecule has 2 unspecified atom stereocenters. The summed E-state index contributed by atoms with van der Waals surface area (Å²) in [6, 6.07) is 5.81. The number of para-hydroxylation sites is 1. The predicted molar refractivity (Wildman–Crippen MR) is 99.2 cm³/mol. The fourth-order valence-corrected chi connectivity index (χ4v) is 7.23. The number of hydrogen-bond donors (Lipinski definition) is 0. The Morgan fingerprint density at radius 2 is 2.00 bits per heavy atom. The van der Waals surface area contributed by atoms with E-state index in [4.69, 9.17) is 0 Å². The minimum Gasteiger partial charge on any atom is -0.313 e. The molecular formula is C17H21FN2O3S2. The lowest BCUT2D eigenvalue weighted by Gasteiger charge is -2.25. The van der Waals surface area contributed by atoms with Gasteiger partial charge in [-0.25, -0.2) is 12.8 Å². The molecule has 2 heterocycles. The van der Waals surface area contributed by atoms with Gasteiger partial charge in [0.15, 0.2) is 15.0 Å². The van der Waals surface area contributed by atoms with Crippen LogP contribution in [0, 0.1) is 11.7 Å². The number of anilines is 1. The molecule has 0 bridgehead atoms. The number of rotatable bonds is 4. The van der Waals surface area contributed by atoms with E-state index in [0.717, 1.165) is 0 Å². The van der Waals surface area contributed by atoms with Crippen molar-refractivity contribution >= 4 is 38.4 Å². The quantitative estimate of drug-likeness (QED) is 0.799. The normalized spacial score (nSPS) is 26.4. The van der Waals surface area contributed by atoms with Crippen molar-refractivity contribution in [3.63, 3.8) is 0 Å². The first kappa shape index (κ1) is 18.4. The number of amidine groups is 1. The highest BCUT2D eigenvalue weighted by Crippen LogP contribution is 2.41. The summed E-state index contributed by atoms with van der Waals surface area (Å²) in [6.07, 6.45) is 1.38.